The molecule has 2 heterocycles. The van der Waals surface area contributed by atoms with Crippen molar-refractivity contribution < 1.29 is 13.2 Å². The van der Waals surface area contributed by atoms with Gasteiger partial charge in [0.05, 0.1) is 17.3 Å². The summed E-state index contributed by atoms with van der Waals surface area (Å²) in [6.45, 7) is 0. The fraction of sp³-hybridized carbons (Fsp3) is 0.412. The van der Waals surface area contributed by atoms with Crippen molar-refractivity contribution >= 4 is 21.5 Å². The van der Waals surface area contributed by atoms with Crippen LogP contribution in [0, 0.1) is 0 Å². The molecule has 0 atom stereocenters. The molecule has 0 radical (unpaired) electrons. The minimum absolute atomic E-state index is 0.128. The van der Waals surface area contributed by atoms with Gasteiger partial charge in [0.1, 0.15) is 0 Å². The number of ketones is 1. The summed E-state index contributed by atoms with van der Waals surface area (Å²) in [5.41, 5.74) is 0.965. The number of anilines is 1. The van der Waals surface area contributed by atoms with Crippen molar-refractivity contribution in [1.82, 2.24) is 9.78 Å². The highest BCUT2D eigenvalue weighted by atomic mass is 32.2. The van der Waals surface area contributed by atoms with Crippen LogP contribution < -0.4 is 4.31 Å². The van der Waals surface area contributed by atoms with Crippen LogP contribution in [-0.2, 0) is 10.0 Å². The van der Waals surface area contributed by atoms with Crippen molar-refractivity contribution in [2.24, 2.45) is 0 Å². The second kappa shape index (κ2) is 5.44. The molecule has 7 heteroatoms. The second-order valence-corrected chi connectivity index (χ2v) is 8.32. The monoisotopic (exact) mass is 345 g/mol. The number of aromatic nitrogens is 2. The van der Waals surface area contributed by atoms with Gasteiger partial charge in [0.15, 0.2) is 5.78 Å². The largest absolute Gasteiger partial charge is 0.288 e. The molecule has 6 nitrogen and oxygen atoms in total. The zero-order valence-corrected chi connectivity index (χ0v) is 14.3. The van der Waals surface area contributed by atoms with Gasteiger partial charge in [-0.15, -0.1) is 0 Å². The number of rotatable bonds is 1. The summed E-state index contributed by atoms with van der Waals surface area (Å²) in [5.74, 6) is -0.282. The van der Waals surface area contributed by atoms with E-state index >= 15 is 0 Å². The van der Waals surface area contributed by atoms with Gasteiger partial charge in [0, 0.05) is 18.8 Å². The van der Waals surface area contributed by atoms with Crippen molar-refractivity contribution in [3.05, 3.63) is 41.6 Å². The van der Waals surface area contributed by atoms with E-state index in [1.165, 1.54) is 13.5 Å². The molecule has 2 aromatic rings. The van der Waals surface area contributed by atoms with Crippen molar-refractivity contribution in [1.29, 1.82) is 0 Å². The van der Waals surface area contributed by atoms with Crippen LogP contribution >= 0.6 is 0 Å². The summed E-state index contributed by atoms with van der Waals surface area (Å²) in [6.07, 6.45) is 6.99. The lowest BCUT2D eigenvalue weighted by Crippen LogP contribution is -2.27. The molecule has 1 aromatic carbocycles. The highest BCUT2D eigenvalue weighted by molar-refractivity contribution is 7.92. The van der Waals surface area contributed by atoms with Crippen LogP contribution in [0.3, 0.4) is 0 Å². The predicted molar refractivity (Wildman–Crippen MR) is 89.8 cm³/mol. The van der Waals surface area contributed by atoms with Crippen molar-refractivity contribution in [2.75, 3.05) is 11.4 Å². The third-order valence-corrected chi connectivity index (χ3v) is 6.69. The Morgan fingerprint density at radius 1 is 1.08 bits per heavy atom. The van der Waals surface area contributed by atoms with E-state index < -0.39 is 10.0 Å². The quantitative estimate of drug-likeness (QED) is 0.797. The predicted octanol–water partition coefficient (Wildman–Crippen LogP) is 2.76. The fourth-order valence-corrected chi connectivity index (χ4v) is 4.90. The Kier molecular flexibility index (Phi) is 3.49. The Morgan fingerprint density at radius 3 is 2.54 bits per heavy atom. The first kappa shape index (κ1) is 15.4. The zero-order chi connectivity index (χ0) is 16.9. The third-order valence-electron chi connectivity index (χ3n) is 4.98. The van der Waals surface area contributed by atoms with Gasteiger partial charge in [-0.05, 0) is 25.0 Å². The van der Waals surface area contributed by atoms with Gasteiger partial charge in [-0.1, -0.05) is 31.4 Å². The van der Waals surface area contributed by atoms with Gasteiger partial charge in [0.25, 0.3) is 10.0 Å². The Bertz CT molecular complexity index is 911. The number of para-hydroxylation sites is 1. The molecule has 1 aromatic heterocycles. The SMILES string of the molecule is CN1c2ccccc2C(=O)c2cn(C3CCCCC3)nc2S1(=O)=O. The molecule has 0 bridgehead atoms. The molecule has 2 aliphatic rings. The number of carbonyl (C=O) groups excluding carboxylic acids is 1. The number of carbonyl (C=O) groups is 1. The number of benzene rings is 1. The molecule has 0 unspecified atom stereocenters. The van der Waals surface area contributed by atoms with Gasteiger partial charge >= 0.3 is 0 Å². The van der Waals surface area contributed by atoms with E-state index in [1.807, 2.05) is 0 Å². The standard InChI is InChI=1S/C17H19N3O3S/c1-19-15-10-6-5-9-13(15)16(21)14-11-20(12-7-3-2-4-8-12)18-17(14)24(19,22)23/h5-6,9-12H,2-4,7-8H2,1H3. The summed E-state index contributed by atoms with van der Waals surface area (Å²) in [4.78, 5) is 12.9. The number of fused-ring (bicyclic) bond motifs is 2. The number of hydrogen-bond acceptors (Lipinski definition) is 4. The normalized spacial score (nSPS) is 20.4. The Hall–Kier alpha value is -2.15. The fourth-order valence-electron chi connectivity index (χ4n) is 3.60. The van der Waals surface area contributed by atoms with Crippen LogP contribution in [0.1, 0.15) is 54.1 Å². The smallest absolute Gasteiger partial charge is 0.284 e. The molecule has 1 saturated carbocycles. The van der Waals surface area contributed by atoms with Crippen LogP contribution in [0.5, 0.6) is 0 Å². The van der Waals surface area contributed by atoms with Crippen LogP contribution in [0.2, 0.25) is 0 Å². The third kappa shape index (κ3) is 2.18. The first-order valence-corrected chi connectivity index (χ1v) is 9.66. The van der Waals surface area contributed by atoms with E-state index in [-0.39, 0.29) is 22.4 Å². The topological polar surface area (TPSA) is 72.3 Å². The van der Waals surface area contributed by atoms with Crippen molar-refractivity contribution in [3.8, 4) is 0 Å². The molecule has 1 aliphatic carbocycles. The van der Waals surface area contributed by atoms with Crippen molar-refractivity contribution in [2.45, 2.75) is 43.2 Å². The van der Waals surface area contributed by atoms with Crippen LogP contribution in [0.15, 0.2) is 35.5 Å². The minimum Gasteiger partial charge on any atom is -0.288 e. The highest BCUT2D eigenvalue weighted by Crippen LogP contribution is 2.35. The number of hydrogen-bond donors (Lipinski definition) is 0. The van der Waals surface area contributed by atoms with Gasteiger partial charge in [0.2, 0.25) is 5.03 Å². The van der Waals surface area contributed by atoms with Gasteiger partial charge in [-0.2, -0.15) is 13.5 Å². The lowest BCUT2D eigenvalue weighted by atomic mass is 9.96. The van der Waals surface area contributed by atoms with E-state index in [4.69, 9.17) is 0 Å². The molecule has 24 heavy (non-hydrogen) atoms. The Morgan fingerprint density at radius 2 is 1.79 bits per heavy atom. The first-order chi connectivity index (χ1) is 11.5. The second-order valence-electron chi connectivity index (χ2n) is 6.44. The van der Waals surface area contributed by atoms with Gasteiger partial charge in [-0.25, -0.2) is 0 Å². The maximum atomic E-state index is 12.9. The van der Waals surface area contributed by atoms with Crippen LogP contribution in [-0.4, -0.2) is 31.0 Å². The van der Waals surface area contributed by atoms with E-state index in [2.05, 4.69) is 5.10 Å². The zero-order valence-electron chi connectivity index (χ0n) is 13.5. The van der Waals surface area contributed by atoms with Crippen LogP contribution in [0.4, 0.5) is 5.69 Å². The van der Waals surface area contributed by atoms with E-state index in [1.54, 1.807) is 35.1 Å². The molecule has 0 N–H and O–H groups in total. The maximum absolute atomic E-state index is 12.9. The number of nitrogens with zero attached hydrogens (tertiary/aromatic N) is 3. The molecule has 0 spiro atoms. The average molecular weight is 345 g/mol. The summed E-state index contributed by atoms with van der Waals surface area (Å²) in [7, 11) is -2.37. The molecular formula is C17H19N3O3S. The van der Waals surface area contributed by atoms with E-state index in [0.717, 1.165) is 30.0 Å². The average Bonchev–Trinajstić information content (AvgIpc) is 3.05. The number of sulfonamides is 1. The molecule has 126 valence electrons. The summed E-state index contributed by atoms with van der Waals surface area (Å²) >= 11 is 0. The van der Waals surface area contributed by atoms with Crippen molar-refractivity contribution in [3.63, 3.8) is 0 Å². The summed E-state index contributed by atoms with van der Waals surface area (Å²) in [5, 5.41) is 4.21. The van der Waals surface area contributed by atoms with Gasteiger partial charge in [-0.3, -0.25) is 13.8 Å². The molecule has 1 fully saturated rings. The van der Waals surface area contributed by atoms with E-state index in [9.17, 15) is 13.2 Å². The minimum atomic E-state index is -3.84. The van der Waals surface area contributed by atoms with E-state index in [0.29, 0.717) is 11.3 Å². The first-order valence-electron chi connectivity index (χ1n) is 8.22. The Labute approximate surface area is 141 Å². The summed E-state index contributed by atoms with van der Waals surface area (Å²) in [6, 6.07) is 6.95. The molecule has 4 rings (SSSR count). The molecular weight excluding hydrogens is 326 g/mol. The molecule has 0 amide bonds. The summed E-state index contributed by atoms with van der Waals surface area (Å²) < 4.78 is 28.7. The lowest BCUT2D eigenvalue weighted by molar-refractivity contribution is 0.103. The Balaban J connectivity index is 1.90. The lowest BCUT2D eigenvalue weighted by Gasteiger charge is -2.22. The maximum Gasteiger partial charge on any atom is 0.284 e. The molecule has 0 saturated heterocycles. The highest BCUT2D eigenvalue weighted by Gasteiger charge is 2.37. The van der Waals surface area contributed by atoms with Gasteiger partial charge < -0.3 is 0 Å². The van der Waals surface area contributed by atoms with Crippen LogP contribution in [0.25, 0.3) is 0 Å². The molecule has 1 aliphatic heterocycles.